The molecule has 1 aromatic heterocycles. The number of rotatable bonds is 6. The molecule has 1 heterocycles. The van der Waals surface area contributed by atoms with Crippen LogP contribution in [0.15, 0.2) is 59.0 Å². The number of esters is 1. The van der Waals surface area contributed by atoms with Crippen LogP contribution in [0.2, 0.25) is 0 Å². The molecule has 4 rings (SSSR count). The lowest BCUT2D eigenvalue weighted by Gasteiger charge is -2.13. The number of methoxy groups -OCH3 is 2. The largest absolute Gasteiger partial charge is 0.496 e. The molecule has 3 aromatic carbocycles. The molecular weight excluding hydrogens is 423 g/mol. The number of fused-ring (bicyclic) bond motifs is 1. The third kappa shape index (κ3) is 4.00. The van der Waals surface area contributed by atoms with Crippen molar-refractivity contribution in [3.05, 3.63) is 77.1 Å². The molecule has 0 saturated heterocycles. The third-order valence-corrected chi connectivity index (χ3v) is 5.66. The van der Waals surface area contributed by atoms with Gasteiger partial charge in [-0.1, -0.05) is 13.0 Å². The summed E-state index contributed by atoms with van der Waals surface area (Å²) in [6.45, 7) is 3.70. The standard InChI is InChI=1S/C27H23FO5/c1-5-22(29)25-20-13-17(19-14-21(27(30)32-4)24(31-3)12-15(19)2)8-11-23(20)33-26(25)16-6-9-18(28)10-7-16/h6-14H,5H2,1-4H3. The lowest BCUT2D eigenvalue weighted by Crippen LogP contribution is -2.05. The van der Waals surface area contributed by atoms with Crippen LogP contribution in [-0.4, -0.2) is 26.0 Å². The second-order valence-corrected chi connectivity index (χ2v) is 7.66. The van der Waals surface area contributed by atoms with E-state index >= 15 is 0 Å². The Morgan fingerprint density at radius 1 is 0.970 bits per heavy atom. The van der Waals surface area contributed by atoms with Gasteiger partial charge in [0.05, 0.1) is 19.8 Å². The van der Waals surface area contributed by atoms with Crippen molar-refractivity contribution < 1.29 is 27.9 Å². The van der Waals surface area contributed by atoms with Crippen LogP contribution in [-0.2, 0) is 4.74 Å². The Bertz CT molecular complexity index is 1370. The molecule has 0 N–H and O–H groups in total. The maximum atomic E-state index is 13.4. The summed E-state index contributed by atoms with van der Waals surface area (Å²) in [6.07, 6.45) is 0.293. The molecule has 0 atom stereocenters. The first-order valence-electron chi connectivity index (χ1n) is 10.5. The summed E-state index contributed by atoms with van der Waals surface area (Å²) in [4.78, 5) is 25.2. The first-order valence-corrected chi connectivity index (χ1v) is 10.5. The van der Waals surface area contributed by atoms with Gasteiger partial charge in [0.25, 0.3) is 0 Å². The molecule has 4 aromatic rings. The summed E-state index contributed by atoms with van der Waals surface area (Å²) in [5.74, 6) is -0.106. The van der Waals surface area contributed by atoms with Crippen LogP contribution in [0.1, 0.15) is 39.6 Å². The van der Waals surface area contributed by atoms with E-state index in [9.17, 15) is 14.0 Å². The van der Waals surface area contributed by atoms with Gasteiger partial charge < -0.3 is 13.9 Å². The SMILES string of the molecule is CCC(=O)c1c(-c2ccc(F)cc2)oc2ccc(-c3cc(C(=O)OC)c(OC)cc3C)cc12. The molecule has 5 nitrogen and oxygen atoms in total. The summed E-state index contributed by atoms with van der Waals surface area (Å²) < 4.78 is 29.7. The minimum atomic E-state index is -0.502. The number of ketones is 1. The van der Waals surface area contributed by atoms with E-state index in [4.69, 9.17) is 13.9 Å². The summed E-state index contributed by atoms with van der Waals surface area (Å²) >= 11 is 0. The lowest BCUT2D eigenvalue weighted by molar-refractivity contribution is 0.0597. The third-order valence-electron chi connectivity index (χ3n) is 5.66. The summed E-state index contributed by atoms with van der Waals surface area (Å²) in [6, 6.07) is 14.9. The van der Waals surface area contributed by atoms with Gasteiger partial charge in [0.1, 0.15) is 28.5 Å². The van der Waals surface area contributed by atoms with Gasteiger partial charge in [0.2, 0.25) is 0 Å². The summed E-state index contributed by atoms with van der Waals surface area (Å²) in [5.41, 5.74) is 4.45. The normalized spacial score (nSPS) is 10.9. The fraction of sp³-hybridized carbons (Fsp3) is 0.185. The minimum absolute atomic E-state index is 0.0769. The molecule has 168 valence electrons. The van der Waals surface area contributed by atoms with Crippen molar-refractivity contribution in [3.8, 4) is 28.2 Å². The average Bonchev–Trinajstić information content (AvgIpc) is 3.21. The number of carbonyl (C=O) groups is 2. The first-order chi connectivity index (χ1) is 15.9. The van der Waals surface area contributed by atoms with Crippen LogP contribution in [0.4, 0.5) is 4.39 Å². The molecular formula is C27H23FO5. The fourth-order valence-electron chi connectivity index (χ4n) is 3.95. The molecule has 0 aliphatic carbocycles. The zero-order valence-corrected chi connectivity index (χ0v) is 18.8. The maximum absolute atomic E-state index is 13.4. The predicted molar refractivity (Wildman–Crippen MR) is 124 cm³/mol. The van der Waals surface area contributed by atoms with Crippen LogP contribution < -0.4 is 4.74 Å². The van der Waals surface area contributed by atoms with E-state index in [2.05, 4.69) is 0 Å². The number of furan rings is 1. The average molecular weight is 446 g/mol. The molecule has 0 fully saturated rings. The second-order valence-electron chi connectivity index (χ2n) is 7.66. The molecule has 0 radical (unpaired) electrons. The van der Waals surface area contributed by atoms with Gasteiger partial charge in [-0.05, 0) is 72.1 Å². The Morgan fingerprint density at radius 2 is 1.67 bits per heavy atom. The Kier molecular flexibility index (Phi) is 6.01. The highest BCUT2D eigenvalue weighted by Gasteiger charge is 2.22. The Labute approximate surface area is 190 Å². The Hall–Kier alpha value is -3.93. The lowest BCUT2D eigenvalue weighted by atomic mass is 9.94. The first kappa shape index (κ1) is 22.3. The van der Waals surface area contributed by atoms with Gasteiger partial charge in [-0.25, -0.2) is 9.18 Å². The van der Waals surface area contributed by atoms with E-state index in [1.807, 2.05) is 19.1 Å². The molecule has 0 saturated carbocycles. The Morgan fingerprint density at radius 3 is 2.30 bits per heavy atom. The smallest absolute Gasteiger partial charge is 0.341 e. The number of aryl methyl sites for hydroxylation is 1. The van der Waals surface area contributed by atoms with Gasteiger partial charge in [-0.3, -0.25) is 4.79 Å². The van der Waals surface area contributed by atoms with Crippen molar-refractivity contribution in [3.63, 3.8) is 0 Å². The quantitative estimate of drug-likeness (QED) is 0.247. The van der Waals surface area contributed by atoms with Gasteiger partial charge in [-0.15, -0.1) is 0 Å². The number of hydrogen-bond donors (Lipinski definition) is 0. The second kappa shape index (κ2) is 8.90. The molecule has 33 heavy (non-hydrogen) atoms. The van der Waals surface area contributed by atoms with Crippen molar-refractivity contribution in [2.45, 2.75) is 20.3 Å². The molecule has 6 heteroatoms. The highest BCUT2D eigenvalue weighted by molar-refractivity contribution is 6.12. The molecule has 0 bridgehead atoms. The molecule has 0 spiro atoms. The monoisotopic (exact) mass is 446 g/mol. The fourth-order valence-corrected chi connectivity index (χ4v) is 3.95. The van der Waals surface area contributed by atoms with Gasteiger partial charge in [0.15, 0.2) is 5.78 Å². The number of ether oxygens (including phenoxy) is 2. The number of Topliss-reactive ketones (excluding diaryl/α,β-unsaturated/α-hetero) is 1. The Balaban J connectivity index is 1.94. The number of hydrogen-bond acceptors (Lipinski definition) is 5. The van der Waals surface area contributed by atoms with Gasteiger partial charge in [0, 0.05) is 17.4 Å². The van der Waals surface area contributed by atoms with Crippen molar-refractivity contribution in [2.24, 2.45) is 0 Å². The number of halogens is 1. The van der Waals surface area contributed by atoms with Crippen LogP contribution in [0, 0.1) is 12.7 Å². The minimum Gasteiger partial charge on any atom is -0.496 e. The van der Waals surface area contributed by atoms with E-state index in [-0.39, 0.29) is 11.6 Å². The van der Waals surface area contributed by atoms with Gasteiger partial charge in [-0.2, -0.15) is 0 Å². The van der Waals surface area contributed by atoms with Crippen LogP contribution in [0.25, 0.3) is 33.4 Å². The molecule has 0 amide bonds. The van der Waals surface area contributed by atoms with Crippen LogP contribution >= 0.6 is 0 Å². The highest BCUT2D eigenvalue weighted by atomic mass is 19.1. The maximum Gasteiger partial charge on any atom is 0.341 e. The summed E-state index contributed by atoms with van der Waals surface area (Å²) in [7, 11) is 2.82. The van der Waals surface area contributed by atoms with E-state index in [0.717, 1.165) is 16.7 Å². The number of carbonyl (C=O) groups excluding carboxylic acids is 2. The molecule has 0 unspecified atom stereocenters. The van der Waals surface area contributed by atoms with E-state index < -0.39 is 5.97 Å². The zero-order valence-electron chi connectivity index (χ0n) is 18.8. The molecule has 0 aliphatic heterocycles. The van der Waals surface area contributed by atoms with Crippen molar-refractivity contribution >= 4 is 22.7 Å². The van der Waals surface area contributed by atoms with E-state index in [1.165, 1.54) is 26.4 Å². The van der Waals surface area contributed by atoms with Crippen molar-refractivity contribution in [1.29, 1.82) is 0 Å². The van der Waals surface area contributed by atoms with Crippen molar-refractivity contribution in [2.75, 3.05) is 14.2 Å². The zero-order chi connectivity index (χ0) is 23.7. The van der Waals surface area contributed by atoms with E-state index in [1.54, 1.807) is 37.3 Å². The van der Waals surface area contributed by atoms with Crippen LogP contribution in [0.3, 0.4) is 0 Å². The highest BCUT2D eigenvalue weighted by Crippen LogP contribution is 2.38. The van der Waals surface area contributed by atoms with Gasteiger partial charge >= 0.3 is 5.97 Å². The topological polar surface area (TPSA) is 65.7 Å². The predicted octanol–water partition coefficient (Wildman–Crippen LogP) is 6.60. The number of benzene rings is 3. The van der Waals surface area contributed by atoms with Crippen molar-refractivity contribution in [1.82, 2.24) is 0 Å². The van der Waals surface area contributed by atoms with E-state index in [0.29, 0.717) is 45.6 Å². The summed E-state index contributed by atoms with van der Waals surface area (Å²) in [5, 5.41) is 0.661. The van der Waals surface area contributed by atoms with Crippen LogP contribution in [0.5, 0.6) is 5.75 Å². The molecule has 0 aliphatic rings.